The van der Waals surface area contributed by atoms with Gasteiger partial charge in [-0.05, 0) is 48.2 Å². The first kappa shape index (κ1) is 26.0. The number of carbonyl (C=O) groups is 2. The first-order chi connectivity index (χ1) is 16.7. The first-order valence-corrected chi connectivity index (χ1v) is 12.9. The van der Waals surface area contributed by atoms with Crippen LogP contribution >= 0.6 is 23.2 Å². The minimum absolute atomic E-state index is 0.154. The van der Waals surface area contributed by atoms with Crippen LogP contribution in [-0.4, -0.2) is 53.7 Å². The van der Waals surface area contributed by atoms with Gasteiger partial charge < -0.3 is 20.1 Å². The van der Waals surface area contributed by atoms with E-state index in [2.05, 4.69) is 5.32 Å². The van der Waals surface area contributed by atoms with Crippen molar-refractivity contribution in [3.63, 3.8) is 0 Å². The minimum atomic E-state index is -1.07. The zero-order valence-corrected chi connectivity index (χ0v) is 21.6. The van der Waals surface area contributed by atoms with Crippen LogP contribution in [0, 0.1) is 5.41 Å². The third kappa shape index (κ3) is 5.51. The van der Waals surface area contributed by atoms with E-state index in [-0.39, 0.29) is 36.4 Å². The number of carboxylic acids is 1. The molecule has 2 fully saturated rings. The Kier molecular flexibility index (Phi) is 8.06. The lowest BCUT2D eigenvalue weighted by Gasteiger charge is -2.53. The van der Waals surface area contributed by atoms with Gasteiger partial charge in [0.25, 0.3) is 0 Å². The van der Waals surface area contributed by atoms with Gasteiger partial charge in [0.15, 0.2) is 0 Å². The monoisotopic (exact) mass is 518 g/mol. The van der Waals surface area contributed by atoms with Crippen LogP contribution in [0.1, 0.15) is 56.2 Å². The van der Waals surface area contributed by atoms with Crippen molar-refractivity contribution < 1.29 is 19.4 Å². The lowest BCUT2D eigenvalue weighted by atomic mass is 9.66. The molecule has 2 heterocycles. The van der Waals surface area contributed by atoms with E-state index in [0.29, 0.717) is 36.0 Å². The van der Waals surface area contributed by atoms with Gasteiger partial charge in [-0.3, -0.25) is 9.59 Å². The number of carboxylic acid groups (broad SMARTS) is 1. The molecule has 0 spiro atoms. The van der Waals surface area contributed by atoms with Crippen LogP contribution in [0.2, 0.25) is 10.0 Å². The highest BCUT2D eigenvalue weighted by atomic mass is 35.5. The van der Waals surface area contributed by atoms with Crippen LogP contribution in [0.5, 0.6) is 0 Å². The Labute approximate surface area is 216 Å². The number of hydrogen-bond donors (Lipinski definition) is 2. The van der Waals surface area contributed by atoms with Crippen LogP contribution in [-0.2, 0) is 14.3 Å². The van der Waals surface area contributed by atoms with Crippen molar-refractivity contribution in [2.45, 2.75) is 57.2 Å². The van der Waals surface area contributed by atoms with Gasteiger partial charge in [-0.25, -0.2) is 0 Å². The van der Waals surface area contributed by atoms with Gasteiger partial charge in [0.2, 0.25) is 5.91 Å². The zero-order chi connectivity index (χ0) is 25.2. The van der Waals surface area contributed by atoms with Crippen LogP contribution in [0.15, 0.2) is 48.5 Å². The largest absolute Gasteiger partial charge is 0.481 e. The van der Waals surface area contributed by atoms with Crippen molar-refractivity contribution in [2.75, 3.05) is 19.7 Å². The van der Waals surface area contributed by atoms with E-state index in [4.69, 9.17) is 27.9 Å². The highest BCUT2D eigenvalue weighted by Gasteiger charge is 2.53. The normalized spacial score (nSPS) is 28.1. The number of amides is 1. The molecule has 2 saturated heterocycles. The number of benzene rings is 2. The second-order valence-corrected chi connectivity index (χ2v) is 10.7. The fourth-order valence-electron chi connectivity index (χ4n) is 5.72. The summed E-state index contributed by atoms with van der Waals surface area (Å²) in [6, 6.07) is 14.7. The van der Waals surface area contributed by atoms with Crippen LogP contribution in [0.25, 0.3) is 0 Å². The van der Waals surface area contributed by atoms with E-state index in [9.17, 15) is 14.7 Å². The fraction of sp³-hybridized carbons (Fsp3) is 0.481. The van der Waals surface area contributed by atoms with E-state index >= 15 is 0 Å². The summed E-state index contributed by atoms with van der Waals surface area (Å²) in [5.41, 5.74) is 0.855. The van der Waals surface area contributed by atoms with E-state index in [1.807, 2.05) is 60.4 Å². The third-order valence-electron chi connectivity index (χ3n) is 7.29. The molecule has 35 heavy (non-hydrogen) atoms. The molecule has 0 saturated carbocycles. The van der Waals surface area contributed by atoms with Gasteiger partial charge >= 0.3 is 5.97 Å². The van der Waals surface area contributed by atoms with Crippen LogP contribution in [0.3, 0.4) is 0 Å². The zero-order valence-electron chi connectivity index (χ0n) is 20.0. The molecular formula is C27H32Cl2N2O4. The summed E-state index contributed by atoms with van der Waals surface area (Å²) in [5.74, 6) is -1.30. The lowest BCUT2D eigenvalue weighted by Crippen LogP contribution is -2.61. The quantitative estimate of drug-likeness (QED) is 0.519. The fourth-order valence-corrected chi connectivity index (χ4v) is 6.04. The molecule has 4 rings (SSSR count). The third-order valence-corrected chi connectivity index (χ3v) is 7.78. The first-order valence-electron chi connectivity index (χ1n) is 12.1. The molecule has 188 valence electrons. The summed E-state index contributed by atoms with van der Waals surface area (Å²) in [5, 5.41) is 14.3. The number of nitrogens with zero attached hydrogens (tertiary/aromatic N) is 1. The van der Waals surface area contributed by atoms with Crippen LogP contribution in [0.4, 0.5) is 0 Å². The van der Waals surface area contributed by atoms with Crippen molar-refractivity contribution in [1.82, 2.24) is 10.2 Å². The Hall–Kier alpha value is -2.12. The molecule has 2 N–H and O–H groups in total. The number of likely N-dealkylation sites (tertiary alicyclic amines) is 1. The van der Waals surface area contributed by atoms with Gasteiger partial charge in [0.1, 0.15) is 0 Å². The van der Waals surface area contributed by atoms with Crippen LogP contribution < -0.4 is 5.32 Å². The molecule has 0 bridgehead atoms. The van der Waals surface area contributed by atoms with Gasteiger partial charge in [0.05, 0.1) is 36.6 Å². The van der Waals surface area contributed by atoms with Crippen molar-refractivity contribution in [1.29, 1.82) is 0 Å². The highest BCUT2D eigenvalue weighted by molar-refractivity contribution is 6.30. The maximum Gasteiger partial charge on any atom is 0.304 e. The topological polar surface area (TPSA) is 78.9 Å². The van der Waals surface area contributed by atoms with Crippen molar-refractivity contribution >= 4 is 35.1 Å². The number of aliphatic carboxylic acids is 1. The van der Waals surface area contributed by atoms with Gasteiger partial charge in [0, 0.05) is 29.1 Å². The molecule has 0 aromatic heterocycles. The van der Waals surface area contributed by atoms with Gasteiger partial charge in [-0.1, -0.05) is 61.3 Å². The highest BCUT2D eigenvalue weighted by Crippen LogP contribution is 2.52. The van der Waals surface area contributed by atoms with Gasteiger partial charge in [-0.2, -0.15) is 0 Å². The smallest absolute Gasteiger partial charge is 0.304 e. The molecule has 1 amide bonds. The molecule has 1 unspecified atom stereocenters. The SMILES string of the molecule is CC[C@H](C1CNCCO1)N1C(=O)[C@@](C)(CC(=O)O)C[C@H](c2cccc(Cl)c2)[C@H]1c1ccc(Cl)cc1. The summed E-state index contributed by atoms with van der Waals surface area (Å²) < 4.78 is 6.13. The standard InChI is InChI=1S/C27H32Cl2N2O4/c1-3-22(23-16-30-11-12-35-23)31-25(17-7-9-19(28)10-8-17)21(18-5-4-6-20(29)13-18)14-27(2,26(31)34)15-24(32)33/h4-10,13,21-23,25,30H,3,11-12,14-16H2,1-2H3,(H,32,33)/t21-,22-,23?,25-,27-/m1/s1. The Balaban J connectivity index is 1.89. The Morgan fingerprint density at radius 3 is 2.54 bits per heavy atom. The Morgan fingerprint density at radius 1 is 1.20 bits per heavy atom. The molecule has 5 atom stereocenters. The number of hydrogen-bond acceptors (Lipinski definition) is 4. The summed E-state index contributed by atoms with van der Waals surface area (Å²) in [6.45, 7) is 5.79. The average Bonchev–Trinajstić information content (AvgIpc) is 2.83. The van der Waals surface area contributed by atoms with E-state index < -0.39 is 11.4 Å². The summed E-state index contributed by atoms with van der Waals surface area (Å²) in [7, 11) is 0. The Morgan fingerprint density at radius 2 is 1.94 bits per heavy atom. The van der Waals surface area contributed by atoms with Crippen molar-refractivity contribution in [3.8, 4) is 0 Å². The number of carbonyl (C=O) groups excluding carboxylic acids is 1. The number of halogens is 2. The summed E-state index contributed by atoms with van der Waals surface area (Å²) >= 11 is 12.6. The number of rotatable bonds is 7. The summed E-state index contributed by atoms with van der Waals surface area (Å²) in [4.78, 5) is 28.1. The van der Waals surface area contributed by atoms with Crippen molar-refractivity contribution in [3.05, 3.63) is 69.7 Å². The van der Waals surface area contributed by atoms with E-state index in [0.717, 1.165) is 17.7 Å². The number of morpholine rings is 1. The predicted molar refractivity (Wildman–Crippen MR) is 137 cm³/mol. The molecule has 2 aromatic carbocycles. The molecule has 8 heteroatoms. The van der Waals surface area contributed by atoms with Gasteiger partial charge in [-0.15, -0.1) is 0 Å². The van der Waals surface area contributed by atoms with E-state index in [1.165, 1.54) is 0 Å². The minimum Gasteiger partial charge on any atom is -0.481 e. The van der Waals surface area contributed by atoms with E-state index in [1.54, 1.807) is 6.92 Å². The maximum absolute atomic E-state index is 14.3. The molecule has 0 aliphatic carbocycles. The van der Waals surface area contributed by atoms with Crippen molar-refractivity contribution in [2.24, 2.45) is 5.41 Å². The number of piperidine rings is 1. The predicted octanol–water partition coefficient (Wildman–Crippen LogP) is 5.30. The molecule has 6 nitrogen and oxygen atoms in total. The molecule has 2 aromatic rings. The number of ether oxygens (including phenoxy) is 1. The maximum atomic E-state index is 14.3. The molecular weight excluding hydrogens is 487 g/mol. The number of nitrogens with one attached hydrogen (secondary N) is 1. The molecule has 2 aliphatic heterocycles. The molecule has 0 radical (unpaired) electrons. The second-order valence-electron chi connectivity index (χ2n) is 9.79. The Bertz CT molecular complexity index is 1060. The summed E-state index contributed by atoms with van der Waals surface area (Å²) in [6.07, 6.45) is 0.628. The lowest BCUT2D eigenvalue weighted by molar-refractivity contribution is -0.165. The average molecular weight is 519 g/mol. The second kappa shape index (κ2) is 10.9. The molecule has 2 aliphatic rings.